The van der Waals surface area contributed by atoms with E-state index >= 15 is 0 Å². The highest BCUT2D eigenvalue weighted by Gasteiger charge is 2.45. The number of unbranched alkanes of at least 4 members (excludes halogenated alkanes) is 22. The van der Waals surface area contributed by atoms with Crippen molar-refractivity contribution in [3.63, 3.8) is 0 Å². The third-order valence-electron chi connectivity index (χ3n) is 6.99. The van der Waals surface area contributed by atoms with Gasteiger partial charge in [0.15, 0.2) is 0 Å². The van der Waals surface area contributed by atoms with Crippen molar-refractivity contribution in [2.75, 3.05) is 5.75 Å². The van der Waals surface area contributed by atoms with Gasteiger partial charge in [-0.05, 0) is 6.42 Å². The zero-order chi connectivity index (χ0) is 28.5. The zero-order valence-corrected chi connectivity index (χ0v) is 24.7. The average Bonchev–Trinajstić information content (AvgIpc) is 2.82. The maximum Gasteiger partial charge on any atom is 0.426 e. The fourth-order valence-corrected chi connectivity index (χ4v) is 5.30. The van der Waals surface area contributed by atoms with Gasteiger partial charge >= 0.3 is 12.1 Å². The van der Waals surface area contributed by atoms with E-state index in [9.17, 15) is 26.4 Å². The molecule has 0 aromatic carbocycles. The Morgan fingerprint density at radius 2 is 0.921 bits per heavy atom. The number of esters is 1. The Balaban J connectivity index is 3.41. The fourth-order valence-electron chi connectivity index (χ4n) is 4.66. The van der Waals surface area contributed by atoms with Gasteiger partial charge in [-0.15, -0.1) is 0 Å². The van der Waals surface area contributed by atoms with Gasteiger partial charge in [-0.3, -0.25) is 9.35 Å². The van der Waals surface area contributed by atoms with Gasteiger partial charge in [-0.2, -0.15) is 21.6 Å². The second-order valence-corrected chi connectivity index (χ2v) is 12.3. The van der Waals surface area contributed by atoms with E-state index in [1.807, 2.05) is 0 Å². The quantitative estimate of drug-likeness (QED) is 0.0602. The number of carbonyl (C=O) groups is 1. The predicted octanol–water partition coefficient (Wildman–Crippen LogP) is 9.73. The van der Waals surface area contributed by atoms with Crippen LogP contribution in [0.3, 0.4) is 0 Å². The van der Waals surface area contributed by atoms with Crippen LogP contribution in [-0.4, -0.2) is 37.0 Å². The lowest BCUT2D eigenvalue weighted by atomic mass is 10.0. The van der Waals surface area contributed by atoms with E-state index in [1.54, 1.807) is 0 Å². The minimum atomic E-state index is -5.04. The fraction of sp³-hybridized carbons (Fsp3) is 0.966. The molecule has 0 saturated carbocycles. The van der Waals surface area contributed by atoms with Crippen LogP contribution in [0.25, 0.3) is 0 Å². The molecule has 0 amide bonds. The summed E-state index contributed by atoms with van der Waals surface area (Å²) in [4.78, 5) is 11.6. The molecule has 1 atom stereocenters. The molecule has 1 unspecified atom stereocenters. The molecule has 0 heterocycles. The first-order chi connectivity index (χ1) is 18.1. The molecule has 0 saturated heterocycles. The summed E-state index contributed by atoms with van der Waals surface area (Å²) in [6.45, 7) is 2.26. The Kier molecular flexibility index (Phi) is 23.5. The Labute approximate surface area is 230 Å². The van der Waals surface area contributed by atoms with E-state index in [1.165, 1.54) is 116 Å². The van der Waals surface area contributed by atoms with Crippen LogP contribution in [0.4, 0.5) is 13.2 Å². The lowest BCUT2D eigenvalue weighted by Gasteiger charge is -2.19. The monoisotopic (exact) mass is 572 g/mol. The molecule has 0 radical (unpaired) electrons. The van der Waals surface area contributed by atoms with E-state index in [2.05, 4.69) is 11.7 Å². The molecule has 0 aliphatic heterocycles. The lowest BCUT2D eigenvalue weighted by molar-refractivity contribution is -0.215. The lowest BCUT2D eigenvalue weighted by Crippen LogP contribution is -2.39. The van der Waals surface area contributed by atoms with Crippen molar-refractivity contribution in [3.8, 4) is 0 Å². The molecule has 1 N–H and O–H groups in total. The molecule has 5 nitrogen and oxygen atoms in total. The molecule has 0 rings (SSSR count). The van der Waals surface area contributed by atoms with Crippen molar-refractivity contribution >= 4 is 16.1 Å². The Bertz CT molecular complexity index is 653. The van der Waals surface area contributed by atoms with E-state index < -0.39 is 34.1 Å². The number of hydrogen-bond acceptors (Lipinski definition) is 4. The maximum atomic E-state index is 12.8. The number of carbonyl (C=O) groups excluding carboxylic acids is 1. The summed E-state index contributed by atoms with van der Waals surface area (Å²) in [6, 6.07) is 0. The SMILES string of the molecule is CCCCCCCCCCCCCCCCCCCCCCCCCC(=O)OC(CS(=O)(=O)O)C(F)(F)F. The van der Waals surface area contributed by atoms with Crippen LogP contribution in [0.2, 0.25) is 0 Å². The molecule has 38 heavy (non-hydrogen) atoms. The number of hydrogen-bond donors (Lipinski definition) is 1. The smallest absolute Gasteiger partial charge is 0.426 e. The number of alkyl halides is 3. The summed E-state index contributed by atoms with van der Waals surface area (Å²) in [5, 5.41) is 0. The number of ether oxygens (including phenoxy) is 1. The first kappa shape index (κ1) is 37.2. The van der Waals surface area contributed by atoms with Crippen LogP contribution >= 0.6 is 0 Å². The van der Waals surface area contributed by atoms with Crippen LogP contribution in [0.1, 0.15) is 161 Å². The summed E-state index contributed by atoms with van der Waals surface area (Å²) >= 11 is 0. The van der Waals surface area contributed by atoms with Crippen molar-refractivity contribution in [2.24, 2.45) is 0 Å². The van der Waals surface area contributed by atoms with E-state index in [4.69, 9.17) is 4.55 Å². The summed E-state index contributed by atoms with van der Waals surface area (Å²) in [7, 11) is -4.91. The van der Waals surface area contributed by atoms with Gasteiger partial charge in [0.2, 0.25) is 6.10 Å². The highest BCUT2D eigenvalue weighted by atomic mass is 32.2. The maximum absolute atomic E-state index is 12.8. The third kappa shape index (κ3) is 26.8. The molecule has 0 aromatic rings. The van der Waals surface area contributed by atoms with Crippen molar-refractivity contribution in [1.82, 2.24) is 0 Å². The minimum absolute atomic E-state index is 0.197. The standard InChI is InChI=1S/C29H55F3O5S/c1-2-3-4-5-6-7-8-9-10-11-12-13-14-15-16-17-18-19-20-21-22-23-24-25-28(33)37-27(29(30,31)32)26-38(34,35)36/h27H,2-26H2,1H3,(H,34,35,36). The molecular formula is C29H55F3O5S. The Hall–Kier alpha value is -0.830. The highest BCUT2D eigenvalue weighted by Crippen LogP contribution is 2.25. The highest BCUT2D eigenvalue weighted by molar-refractivity contribution is 7.85. The topological polar surface area (TPSA) is 80.7 Å². The summed E-state index contributed by atoms with van der Waals surface area (Å²) < 4.78 is 72.5. The van der Waals surface area contributed by atoms with Crippen LogP contribution in [-0.2, 0) is 19.6 Å². The predicted molar refractivity (Wildman–Crippen MR) is 149 cm³/mol. The van der Waals surface area contributed by atoms with Crippen molar-refractivity contribution in [2.45, 2.75) is 173 Å². The van der Waals surface area contributed by atoms with E-state index in [-0.39, 0.29) is 6.42 Å². The van der Waals surface area contributed by atoms with Crippen LogP contribution in [0, 0.1) is 0 Å². The molecule has 0 aliphatic carbocycles. The number of rotatable bonds is 27. The van der Waals surface area contributed by atoms with Gasteiger partial charge in [0.05, 0.1) is 0 Å². The van der Waals surface area contributed by atoms with Crippen molar-refractivity contribution in [3.05, 3.63) is 0 Å². The second kappa shape index (κ2) is 24.0. The van der Waals surface area contributed by atoms with E-state index in [0.717, 1.165) is 19.3 Å². The van der Waals surface area contributed by atoms with Gasteiger partial charge in [-0.25, -0.2) is 0 Å². The van der Waals surface area contributed by atoms with Gasteiger partial charge < -0.3 is 4.74 Å². The minimum Gasteiger partial charge on any atom is -0.451 e. The van der Waals surface area contributed by atoms with Crippen molar-refractivity contribution in [1.29, 1.82) is 0 Å². The molecule has 0 fully saturated rings. The first-order valence-electron chi connectivity index (χ1n) is 15.3. The molecule has 9 heteroatoms. The summed E-state index contributed by atoms with van der Waals surface area (Å²) in [6.07, 6.45) is 20.5. The molecule has 0 aromatic heterocycles. The summed E-state index contributed by atoms with van der Waals surface area (Å²) in [5.41, 5.74) is 0. The first-order valence-corrected chi connectivity index (χ1v) is 16.9. The van der Waals surface area contributed by atoms with Gasteiger partial charge in [0.25, 0.3) is 10.1 Å². The largest absolute Gasteiger partial charge is 0.451 e. The van der Waals surface area contributed by atoms with Gasteiger partial charge in [0.1, 0.15) is 5.75 Å². The van der Waals surface area contributed by atoms with Crippen molar-refractivity contribution < 1.29 is 35.7 Å². The molecule has 228 valence electrons. The van der Waals surface area contributed by atoms with E-state index in [0.29, 0.717) is 12.8 Å². The molecule has 0 spiro atoms. The summed E-state index contributed by atoms with van der Waals surface area (Å²) in [5.74, 6) is -2.78. The average molecular weight is 573 g/mol. The third-order valence-corrected chi connectivity index (χ3v) is 7.71. The zero-order valence-electron chi connectivity index (χ0n) is 23.9. The molecular weight excluding hydrogens is 517 g/mol. The molecule has 0 bridgehead atoms. The van der Waals surface area contributed by atoms with Crippen LogP contribution in [0.15, 0.2) is 0 Å². The van der Waals surface area contributed by atoms with Gasteiger partial charge in [-0.1, -0.05) is 148 Å². The van der Waals surface area contributed by atoms with Gasteiger partial charge in [0, 0.05) is 6.42 Å². The Morgan fingerprint density at radius 1 is 0.632 bits per heavy atom. The number of halogens is 3. The van der Waals surface area contributed by atoms with Crippen LogP contribution < -0.4 is 0 Å². The van der Waals surface area contributed by atoms with Crippen LogP contribution in [0.5, 0.6) is 0 Å². The second-order valence-electron chi connectivity index (χ2n) is 10.8. The Morgan fingerprint density at radius 3 is 1.18 bits per heavy atom. The molecule has 0 aliphatic rings. The normalized spacial score (nSPS) is 13.1.